The van der Waals surface area contributed by atoms with Crippen molar-refractivity contribution in [1.29, 1.82) is 0 Å². The zero-order valence-corrected chi connectivity index (χ0v) is 17.5. The van der Waals surface area contributed by atoms with Gasteiger partial charge in [0.25, 0.3) is 5.91 Å². The second kappa shape index (κ2) is 8.77. The Bertz CT molecular complexity index is 1020. The van der Waals surface area contributed by atoms with Gasteiger partial charge in [-0.25, -0.2) is 4.98 Å². The third kappa shape index (κ3) is 3.96. The lowest BCUT2D eigenvalue weighted by Crippen LogP contribution is -2.41. The summed E-state index contributed by atoms with van der Waals surface area (Å²) in [5.41, 5.74) is 2.16. The fraction of sp³-hybridized carbons (Fsp3) is 0.409. The van der Waals surface area contributed by atoms with Crippen LogP contribution in [0.1, 0.15) is 26.9 Å². The average Bonchev–Trinajstić information content (AvgIpc) is 3.20. The Morgan fingerprint density at radius 2 is 2.00 bits per heavy atom. The fourth-order valence-electron chi connectivity index (χ4n) is 4.11. The summed E-state index contributed by atoms with van der Waals surface area (Å²) in [5, 5.41) is 1.02. The highest BCUT2D eigenvalue weighted by Crippen LogP contribution is 2.38. The van der Waals surface area contributed by atoms with Crippen LogP contribution in [-0.2, 0) is 16.0 Å². The molecule has 0 aliphatic carbocycles. The monoisotopic (exact) mass is 424 g/mol. The summed E-state index contributed by atoms with van der Waals surface area (Å²) in [5.74, 6) is 0.0595. The Morgan fingerprint density at radius 3 is 2.83 bits per heavy atom. The van der Waals surface area contributed by atoms with E-state index in [1.54, 1.807) is 12.4 Å². The van der Waals surface area contributed by atoms with Gasteiger partial charge in [0.1, 0.15) is 9.71 Å². The molecule has 8 heteroatoms. The lowest BCUT2D eigenvalue weighted by atomic mass is 10.0. The number of rotatable bonds is 4. The van der Waals surface area contributed by atoms with E-state index in [-0.39, 0.29) is 12.0 Å². The second-order valence-corrected chi connectivity index (χ2v) is 8.56. The molecule has 0 N–H and O–H groups in total. The summed E-state index contributed by atoms with van der Waals surface area (Å²) in [6, 6.07) is 8.03. The van der Waals surface area contributed by atoms with Gasteiger partial charge >= 0.3 is 0 Å². The topological polar surface area (TPSA) is 67.8 Å². The molecule has 3 aromatic heterocycles. The van der Waals surface area contributed by atoms with Crippen molar-refractivity contribution in [2.24, 2.45) is 0 Å². The van der Waals surface area contributed by atoms with Gasteiger partial charge in [-0.3, -0.25) is 14.7 Å². The maximum absolute atomic E-state index is 13.4. The highest BCUT2D eigenvalue weighted by molar-refractivity contribution is 7.20. The van der Waals surface area contributed by atoms with E-state index in [9.17, 15) is 4.79 Å². The Kier molecular flexibility index (Phi) is 5.72. The van der Waals surface area contributed by atoms with Gasteiger partial charge in [-0.05, 0) is 17.7 Å². The maximum atomic E-state index is 13.4. The summed E-state index contributed by atoms with van der Waals surface area (Å²) >= 11 is 1.47. The molecule has 5 heterocycles. The molecule has 3 aromatic rings. The smallest absolute Gasteiger partial charge is 0.264 e. The molecule has 156 valence electrons. The minimum Gasteiger partial charge on any atom is -0.378 e. The van der Waals surface area contributed by atoms with Crippen LogP contribution in [0.2, 0.25) is 0 Å². The molecule has 0 radical (unpaired) electrons. The number of fused-ring (bicyclic) bond motifs is 1. The summed E-state index contributed by atoms with van der Waals surface area (Å²) in [7, 11) is 0. The standard InChI is InChI=1S/C22H24N4O3S/c27-22(26-8-10-28-11-9-26)20-19(17-4-2-6-24-21(17)30-20)18-15-25(7-12-29-18)14-16-3-1-5-23-13-16/h1-6,13,18H,7-12,14-15H2. The van der Waals surface area contributed by atoms with Gasteiger partial charge in [0.15, 0.2) is 0 Å². The minimum absolute atomic E-state index is 0.0595. The summed E-state index contributed by atoms with van der Waals surface area (Å²) in [4.78, 5) is 28.0. The van der Waals surface area contributed by atoms with Crippen molar-refractivity contribution < 1.29 is 14.3 Å². The van der Waals surface area contributed by atoms with Gasteiger partial charge < -0.3 is 14.4 Å². The molecule has 2 aliphatic rings. The molecule has 2 saturated heterocycles. The van der Waals surface area contributed by atoms with E-state index in [0.717, 1.165) is 40.3 Å². The van der Waals surface area contributed by atoms with Crippen molar-refractivity contribution in [2.45, 2.75) is 12.6 Å². The first-order chi connectivity index (χ1) is 14.8. The Hall–Kier alpha value is -2.39. The molecule has 1 amide bonds. The Balaban J connectivity index is 1.45. The van der Waals surface area contributed by atoms with Gasteiger partial charge in [0.05, 0.1) is 25.9 Å². The van der Waals surface area contributed by atoms with Crippen molar-refractivity contribution in [3.05, 3.63) is 58.9 Å². The van der Waals surface area contributed by atoms with E-state index < -0.39 is 0 Å². The Morgan fingerprint density at radius 1 is 1.13 bits per heavy atom. The van der Waals surface area contributed by atoms with Crippen LogP contribution >= 0.6 is 11.3 Å². The first-order valence-corrected chi connectivity index (χ1v) is 11.1. The van der Waals surface area contributed by atoms with Crippen molar-refractivity contribution in [3.8, 4) is 0 Å². The molecular weight excluding hydrogens is 400 g/mol. The molecule has 0 spiro atoms. The van der Waals surface area contributed by atoms with Gasteiger partial charge in [0, 0.05) is 62.3 Å². The van der Waals surface area contributed by atoms with Crippen molar-refractivity contribution >= 4 is 27.5 Å². The molecule has 1 atom stereocenters. The van der Waals surface area contributed by atoms with E-state index in [1.165, 1.54) is 16.9 Å². The summed E-state index contributed by atoms with van der Waals surface area (Å²) in [6.45, 7) is 5.47. The largest absolute Gasteiger partial charge is 0.378 e. The number of thiophene rings is 1. The van der Waals surface area contributed by atoms with E-state index >= 15 is 0 Å². The number of hydrogen-bond acceptors (Lipinski definition) is 7. The number of nitrogens with zero attached hydrogens (tertiary/aromatic N) is 4. The molecule has 2 fully saturated rings. The number of pyridine rings is 2. The number of amides is 1. The van der Waals surface area contributed by atoms with Gasteiger partial charge in [-0.1, -0.05) is 12.1 Å². The van der Waals surface area contributed by atoms with E-state index in [2.05, 4.69) is 20.9 Å². The van der Waals surface area contributed by atoms with Crippen LogP contribution in [0.5, 0.6) is 0 Å². The molecule has 0 aromatic carbocycles. The van der Waals surface area contributed by atoms with E-state index in [4.69, 9.17) is 9.47 Å². The van der Waals surface area contributed by atoms with Gasteiger partial charge in [-0.15, -0.1) is 11.3 Å². The number of carbonyl (C=O) groups is 1. The molecular formula is C22H24N4O3S. The Labute approximate surface area is 179 Å². The quantitative estimate of drug-likeness (QED) is 0.642. The predicted octanol–water partition coefficient (Wildman–Crippen LogP) is 2.74. The highest BCUT2D eigenvalue weighted by Gasteiger charge is 2.32. The van der Waals surface area contributed by atoms with Crippen molar-refractivity contribution in [2.75, 3.05) is 46.0 Å². The molecule has 30 heavy (non-hydrogen) atoms. The number of ether oxygens (including phenoxy) is 2. The molecule has 5 rings (SSSR count). The van der Waals surface area contributed by atoms with E-state index in [1.807, 2.05) is 29.3 Å². The number of aromatic nitrogens is 2. The molecule has 2 aliphatic heterocycles. The van der Waals surface area contributed by atoms with Crippen LogP contribution in [0.4, 0.5) is 0 Å². The van der Waals surface area contributed by atoms with Crippen LogP contribution in [-0.4, -0.2) is 71.7 Å². The first-order valence-electron chi connectivity index (χ1n) is 10.3. The molecule has 0 bridgehead atoms. The highest BCUT2D eigenvalue weighted by atomic mass is 32.1. The van der Waals surface area contributed by atoms with E-state index in [0.29, 0.717) is 32.9 Å². The lowest BCUT2D eigenvalue weighted by Gasteiger charge is -2.34. The second-order valence-electron chi connectivity index (χ2n) is 7.56. The van der Waals surface area contributed by atoms with Gasteiger partial charge in [0.2, 0.25) is 0 Å². The lowest BCUT2D eigenvalue weighted by molar-refractivity contribution is -0.0325. The first kappa shape index (κ1) is 19.6. The third-order valence-corrected chi connectivity index (χ3v) is 6.72. The zero-order chi connectivity index (χ0) is 20.3. The average molecular weight is 425 g/mol. The number of hydrogen-bond donors (Lipinski definition) is 0. The van der Waals surface area contributed by atoms with Crippen molar-refractivity contribution in [1.82, 2.24) is 19.8 Å². The van der Waals surface area contributed by atoms with Crippen LogP contribution in [0, 0.1) is 0 Å². The third-order valence-electron chi connectivity index (χ3n) is 5.60. The SMILES string of the molecule is O=C(c1sc2ncccc2c1C1CN(Cc2cccnc2)CCO1)N1CCOCC1. The molecule has 7 nitrogen and oxygen atoms in total. The van der Waals surface area contributed by atoms with Crippen LogP contribution in [0.25, 0.3) is 10.2 Å². The van der Waals surface area contributed by atoms with Crippen molar-refractivity contribution in [3.63, 3.8) is 0 Å². The maximum Gasteiger partial charge on any atom is 0.264 e. The minimum atomic E-state index is -0.159. The predicted molar refractivity (Wildman–Crippen MR) is 115 cm³/mol. The normalized spacial score (nSPS) is 20.5. The molecule has 0 saturated carbocycles. The number of morpholine rings is 2. The fourth-order valence-corrected chi connectivity index (χ4v) is 5.27. The van der Waals surface area contributed by atoms with Crippen LogP contribution in [0.15, 0.2) is 42.9 Å². The summed E-state index contributed by atoms with van der Waals surface area (Å²) < 4.78 is 11.6. The number of carbonyl (C=O) groups excluding carboxylic acids is 1. The zero-order valence-electron chi connectivity index (χ0n) is 16.7. The summed E-state index contributed by atoms with van der Waals surface area (Å²) in [6.07, 6.45) is 5.32. The van der Waals surface area contributed by atoms with Gasteiger partial charge in [-0.2, -0.15) is 0 Å². The molecule has 1 unspecified atom stereocenters. The van der Waals surface area contributed by atoms with Crippen LogP contribution < -0.4 is 0 Å². The van der Waals surface area contributed by atoms with Crippen LogP contribution in [0.3, 0.4) is 0 Å².